The van der Waals surface area contributed by atoms with Gasteiger partial charge in [0.25, 0.3) is 0 Å². The second-order valence-corrected chi connectivity index (χ2v) is 8.20. The van der Waals surface area contributed by atoms with E-state index in [2.05, 4.69) is 15.5 Å². The van der Waals surface area contributed by atoms with Gasteiger partial charge in [-0.1, -0.05) is 23.4 Å². The van der Waals surface area contributed by atoms with Crippen LogP contribution in [-0.2, 0) is 11.3 Å². The molecule has 3 aromatic rings. The molecule has 2 aromatic carbocycles. The van der Waals surface area contributed by atoms with Crippen LogP contribution in [0.3, 0.4) is 0 Å². The van der Waals surface area contributed by atoms with Crippen molar-refractivity contribution >= 4 is 35.0 Å². The standard InChI is InChI=1S/C22H25ClN4O3S/c1-5-27-21(15(3)30-19-11-6-16(23)12-14(19)2)25-26-22(27)31-13-20(28)24-17-7-9-18(29-4)10-8-17/h6-12,15H,5,13H2,1-4H3,(H,24,28). The van der Waals surface area contributed by atoms with Crippen molar-refractivity contribution in [2.75, 3.05) is 18.2 Å². The second kappa shape index (κ2) is 10.5. The molecule has 0 spiro atoms. The fourth-order valence-electron chi connectivity index (χ4n) is 2.99. The molecule has 31 heavy (non-hydrogen) atoms. The monoisotopic (exact) mass is 460 g/mol. The number of methoxy groups -OCH3 is 1. The number of amides is 1. The lowest BCUT2D eigenvalue weighted by Crippen LogP contribution is -2.15. The first-order valence-electron chi connectivity index (χ1n) is 9.83. The topological polar surface area (TPSA) is 78.3 Å². The van der Waals surface area contributed by atoms with E-state index in [0.29, 0.717) is 28.2 Å². The number of rotatable bonds is 9. The third kappa shape index (κ3) is 5.92. The first kappa shape index (κ1) is 23.0. The van der Waals surface area contributed by atoms with Gasteiger partial charge in [-0.25, -0.2) is 0 Å². The van der Waals surface area contributed by atoms with E-state index >= 15 is 0 Å². The molecule has 0 saturated heterocycles. The zero-order valence-corrected chi connectivity index (χ0v) is 19.5. The summed E-state index contributed by atoms with van der Waals surface area (Å²) >= 11 is 7.36. The molecule has 1 heterocycles. The Morgan fingerprint density at radius 2 is 1.97 bits per heavy atom. The number of aryl methyl sites for hydroxylation is 1. The maximum absolute atomic E-state index is 12.3. The van der Waals surface area contributed by atoms with Crippen LogP contribution in [0.5, 0.6) is 11.5 Å². The molecule has 0 bridgehead atoms. The van der Waals surface area contributed by atoms with E-state index in [4.69, 9.17) is 21.1 Å². The normalized spacial score (nSPS) is 11.8. The van der Waals surface area contributed by atoms with Crippen molar-refractivity contribution in [2.45, 2.75) is 38.6 Å². The van der Waals surface area contributed by atoms with Crippen molar-refractivity contribution in [3.05, 3.63) is 58.9 Å². The fraction of sp³-hybridized carbons (Fsp3) is 0.318. The number of carbonyl (C=O) groups excluding carboxylic acids is 1. The van der Waals surface area contributed by atoms with Crippen molar-refractivity contribution in [3.63, 3.8) is 0 Å². The fourth-order valence-corrected chi connectivity index (χ4v) is 4.03. The number of anilines is 1. The number of hydrogen-bond acceptors (Lipinski definition) is 6. The maximum atomic E-state index is 12.3. The van der Waals surface area contributed by atoms with E-state index in [0.717, 1.165) is 17.1 Å². The third-order valence-electron chi connectivity index (χ3n) is 4.57. The van der Waals surface area contributed by atoms with Crippen molar-refractivity contribution in [3.8, 4) is 11.5 Å². The molecular weight excluding hydrogens is 436 g/mol. The number of ether oxygens (including phenoxy) is 2. The average molecular weight is 461 g/mol. The lowest BCUT2D eigenvalue weighted by atomic mass is 10.2. The molecule has 1 amide bonds. The van der Waals surface area contributed by atoms with Gasteiger partial charge in [0, 0.05) is 17.3 Å². The van der Waals surface area contributed by atoms with E-state index in [9.17, 15) is 4.79 Å². The molecule has 0 aliphatic heterocycles. The van der Waals surface area contributed by atoms with E-state index in [1.807, 2.05) is 37.5 Å². The Hall–Kier alpha value is -2.71. The summed E-state index contributed by atoms with van der Waals surface area (Å²) in [6.07, 6.45) is -0.310. The molecule has 1 atom stereocenters. The first-order valence-corrected chi connectivity index (χ1v) is 11.2. The predicted molar refractivity (Wildman–Crippen MR) is 123 cm³/mol. The smallest absolute Gasteiger partial charge is 0.234 e. The van der Waals surface area contributed by atoms with Gasteiger partial charge in [-0.3, -0.25) is 4.79 Å². The Morgan fingerprint density at radius 3 is 2.61 bits per heavy atom. The molecule has 0 aliphatic carbocycles. The Kier molecular flexibility index (Phi) is 7.81. The van der Waals surface area contributed by atoms with Gasteiger partial charge in [-0.05, 0) is 68.8 Å². The van der Waals surface area contributed by atoms with Crippen molar-refractivity contribution < 1.29 is 14.3 Å². The van der Waals surface area contributed by atoms with Crippen molar-refractivity contribution in [1.82, 2.24) is 14.8 Å². The first-order chi connectivity index (χ1) is 14.9. The molecule has 3 rings (SSSR count). The molecule has 0 aliphatic rings. The predicted octanol–water partition coefficient (Wildman–Crippen LogP) is 5.14. The molecule has 1 N–H and O–H groups in total. The number of thioether (sulfide) groups is 1. The van der Waals surface area contributed by atoms with Crippen LogP contribution in [-0.4, -0.2) is 33.5 Å². The summed E-state index contributed by atoms with van der Waals surface area (Å²) in [5.74, 6) is 2.28. The Balaban J connectivity index is 1.62. The molecule has 7 nitrogen and oxygen atoms in total. The molecule has 0 radical (unpaired) electrons. The average Bonchev–Trinajstić information content (AvgIpc) is 3.18. The number of hydrogen-bond donors (Lipinski definition) is 1. The zero-order valence-electron chi connectivity index (χ0n) is 17.9. The molecule has 0 fully saturated rings. The van der Waals surface area contributed by atoms with Gasteiger partial charge in [0.15, 0.2) is 17.1 Å². The molecule has 0 saturated carbocycles. The van der Waals surface area contributed by atoms with Crippen molar-refractivity contribution in [2.24, 2.45) is 0 Å². The van der Waals surface area contributed by atoms with Crippen LogP contribution in [0.4, 0.5) is 5.69 Å². The van der Waals surface area contributed by atoms with Gasteiger partial charge < -0.3 is 19.4 Å². The number of nitrogens with zero attached hydrogens (tertiary/aromatic N) is 3. The van der Waals surface area contributed by atoms with Gasteiger partial charge in [0.05, 0.1) is 12.9 Å². The van der Waals surface area contributed by atoms with Gasteiger partial charge in [-0.15, -0.1) is 10.2 Å². The van der Waals surface area contributed by atoms with Crippen LogP contribution in [0.15, 0.2) is 47.6 Å². The SMILES string of the molecule is CCn1c(SCC(=O)Nc2ccc(OC)cc2)nnc1C(C)Oc1ccc(Cl)cc1C. The maximum Gasteiger partial charge on any atom is 0.234 e. The van der Waals surface area contributed by atoms with Gasteiger partial charge in [0.1, 0.15) is 11.5 Å². The highest BCUT2D eigenvalue weighted by Gasteiger charge is 2.20. The third-order valence-corrected chi connectivity index (χ3v) is 5.77. The summed E-state index contributed by atoms with van der Waals surface area (Å²) < 4.78 is 13.2. The largest absolute Gasteiger partial charge is 0.497 e. The summed E-state index contributed by atoms with van der Waals surface area (Å²) in [6.45, 7) is 6.54. The Labute approximate surface area is 191 Å². The minimum Gasteiger partial charge on any atom is -0.497 e. The van der Waals surface area contributed by atoms with E-state index in [1.165, 1.54) is 11.8 Å². The van der Waals surface area contributed by atoms with E-state index in [-0.39, 0.29) is 17.8 Å². The summed E-state index contributed by atoms with van der Waals surface area (Å²) in [4.78, 5) is 12.3. The minimum absolute atomic E-state index is 0.122. The lowest BCUT2D eigenvalue weighted by molar-refractivity contribution is -0.113. The van der Waals surface area contributed by atoms with Crippen LogP contribution in [0, 0.1) is 6.92 Å². The highest BCUT2D eigenvalue weighted by atomic mass is 35.5. The van der Waals surface area contributed by atoms with Gasteiger partial charge in [-0.2, -0.15) is 0 Å². The van der Waals surface area contributed by atoms with Crippen LogP contribution in [0.2, 0.25) is 5.02 Å². The minimum atomic E-state index is -0.310. The second-order valence-electron chi connectivity index (χ2n) is 6.82. The number of halogens is 1. The van der Waals surface area contributed by atoms with E-state index in [1.54, 1.807) is 37.4 Å². The summed E-state index contributed by atoms with van der Waals surface area (Å²) in [7, 11) is 1.60. The quantitative estimate of drug-likeness (QED) is 0.445. The summed E-state index contributed by atoms with van der Waals surface area (Å²) in [5, 5.41) is 12.8. The van der Waals surface area contributed by atoms with Crippen LogP contribution in [0.1, 0.15) is 31.3 Å². The number of benzene rings is 2. The highest BCUT2D eigenvalue weighted by molar-refractivity contribution is 7.99. The zero-order chi connectivity index (χ0) is 22.4. The van der Waals surface area contributed by atoms with Crippen LogP contribution < -0.4 is 14.8 Å². The molecular formula is C22H25ClN4O3S. The number of carbonyl (C=O) groups is 1. The van der Waals surface area contributed by atoms with Crippen LogP contribution in [0.25, 0.3) is 0 Å². The summed E-state index contributed by atoms with van der Waals surface area (Å²) in [6, 6.07) is 12.7. The van der Waals surface area contributed by atoms with Crippen LogP contribution >= 0.6 is 23.4 Å². The van der Waals surface area contributed by atoms with Crippen molar-refractivity contribution in [1.29, 1.82) is 0 Å². The molecule has 1 aromatic heterocycles. The lowest BCUT2D eigenvalue weighted by Gasteiger charge is -2.17. The number of aromatic nitrogens is 3. The Morgan fingerprint density at radius 1 is 1.23 bits per heavy atom. The molecule has 164 valence electrons. The summed E-state index contributed by atoms with van der Waals surface area (Å²) in [5.41, 5.74) is 1.66. The van der Waals surface area contributed by atoms with E-state index < -0.39 is 0 Å². The molecule has 1 unspecified atom stereocenters. The number of nitrogens with one attached hydrogen (secondary N) is 1. The highest BCUT2D eigenvalue weighted by Crippen LogP contribution is 2.28. The van der Waals surface area contributed by atoms with Gasteiger partial charge >= 0.3 is 0 Å². The molecule has 9 heteroatoms. The Bertz CT molecular complexity index is 1040. The van der Waals surface area contributed by atoms with Gasteiger partial charge in [0.2, 0.25) is 5.91 Å².